The number of para-hydroxylation sites is 1. The van der Waals surface area contributed by atoms with Crippen molar-refractivity contribution < 1.29 is 22.5 Å². The van der Waals surface area contributed by atoms with Crippen LogP contribution >= 0.6 is 0 Å². The number of sulfone groups is 1. The van der Waals surface area contributed by atoms with Crippen LogP contribution in [0.15, 0.2) is 90.2 Å². The first-order valence-electron chi connectivity index (χ1n) is 11.2. The predicted octanol–water partition coefficient (Wildman–Crippen LogP) is 4.12. The lowest BCUT2D eigenvalue weighted by atomic mass is 10.0. The van der Waals surface area contributed by atoms with E-state index in [1.54, 1.807) is 19.2 Å². The van der Waals surface area contributed by atoms with E-state index in [-0.39, 0.29) is 10.8 Å². The first kappa shape index (κ1) is 24.2. The average Bonchev–Trinajstić information content (AvgIpc) is 3.19. The standard InChI is InChI=1S/C27H27N3O4S/c1-20-24(27(31)28-21-11-13-22(14-12-21)35(3,32)33)19-30(18-17-29-15-7-4-8-16-29)26(20)23-9-5-6-10-25(23)34-2/h4-16,19H,17-18H2,1-3H3/p+1. The van der Waals surface area contributed by atoms with Crippen LogP contribution in [0.4, 0.5) is 5.69 Å². The molecule has 0 radical (unpaired) electrons. The number of carbonyl (C=O) groups is 1. The molecule has 0 aliphatic carbocycles. The summed E-state index contributed by atoms with van der Waals surface area (Å²) in [6.07, 6.45) is 7.03. The van der Waals surface area contributed by atoms with Gasteiger partial charge in [-0.1, -0.05) is 18.2 Å². The Morgan fingerprint density at radius 3 is 2.34 bits per heavy atom. The predicted molar refractivity (Wildman–Crippen MR) is 135 cm³/mol. The number of aryl methyl sites for hydroxylation is 2. The number of methoxy groups -OCH3 is 1. The quantitative estimate of drug-likeness (QED) is 0.377. The van der Waals surface area contributed by atoms with Crippen molar-refractivity contribution in [3.8, 4) is 17.0 Å². The third-order valence-corrected chi connectivity index (χ3v) is 6.98. The van der Waals surface area contributed by atoms with Gasteiger partial charge in [-0.05, 0) is 48.9 Å². The normalized spacial score (nSPS) is 11.3. The summed E-state index contributed by atoms with van der Waals surface area (Å²) in [5.41, 5.74) is 3.71. The van der Waals surface area contributed by atoms with E-state index in [0.717, 1.165) is 35.4 Å². The first-order valence-corrected chi connectivity index (χ1v) is 13.1. The van der Waals surface area contributed by atoms with Crippen molar-refractivity contribution in [1.82, 2.24) is 4.57 Å². The highest BCUT2D eigenvalue weighted by Gasteiger charge is 2.22. The summed E-state index contributed by atoms with van der Waals surface area (Å²) >= 11 is 0. The maximum Gasteiger partial charge on any atom is 0.257 e. The summed E-state index contributed by atoms with van der Waals surface area (Å²) < 4.78 is 33.2. The largest absolute Gasteiger partial charge is 0.496 e. The Hall–Kier alpha value is -3.91. The number of amides is 1. The van der Waals surface area contributed by atoms with Crippen molar-refractivity contribution in [3.63, 3.8) is 0 Å². The maximum absolute atomic E-state index is 13.3. The molecule has 1 amide bonds. The molecular weight excluding hydrogens is 462 g/mol. The van der Waals surface area contributed by atoms with Crippen molar-refractivity contribution in [2.45, 2.75) is 24.9 Å². The molecule has 4 aromatic rings. The second-order valence-electron chi connectivity index (χ2n) is 8.27. The van der Waals surface area contributed by atoms with E-state index in [1.807, 2.05) is 68.0 Å². The number of anilines is 1. The van der Waals surface area contributed by atoms with E-state index in [4.69, 9.17) is 4.74 Å². The van der Waals surface area contributed by atoms with Gasteiger partial charge in [-0.25, -0.2) is 13.0 Å². The van der Waals surface area contributed by atoms with Gasteiger partial charge < -0.3 is 14.6 Å². The van der Waals surface area contributed by atoms with E-state index in [1.165, 1.54) is 12.1 Å². The first-order chi connectivity index (χ1) is 16.8. The minimum atomic E-state index is -3.31. The molecule has 0 aliphatic rings. The third-order valence-electron chi connectivity index (χ3n) is 5.85. The van der Waals surface area contributed by atoms with Crippen LogP contribution in [0, 0.1) is 6.92 Å². The fraction of sp³-hybridized carbons (Fsp3) is 0.185. The molecule has 7 nitrogen and oxygen atoms in total. The van der Waals surface area contributed by atoms with Gasteiger partial charge in [0.2, 0.25) is 0 Å². The number of rotatable bonds is 8. The van der Waals surface area contributed by atoms with Crippen molar-refractivity contribution >= 4 is 21.4 Å². The highest BCUT2D eigenvalue weighted by molar-refractivity contribution is 7.90. The van der Waals surface area contributed by atoms with Gasteiger partial charge >= 0.3 is 0 Å². The number of nitrogens with zero attached hydrogens (tertiary/aromatic N) is 2. The Morgan fingerprint density at radius 2 is 1.69 bits per heavy atom. The smallest absolute Gasteiger partial charge is 0.257 e. The van der Waals surface area contributed by atoms with Gasteiger partial charge in [0.25, 0.3) is 5.91 Å². The van der Waals surface area contributed by atoms with Gasteiger partial charge in [-0.3, -0.25) is 4.79 Å². The van der Waals surface area contributed by atoms with E-state index in [2.05, 4.69) is 14.5 Å². The van der Waals surface area contributed by atoms with E-state index >= 15 is 0 Å². The van der Waals surface area contributed by atoms with Gasteiger partial charge in [0.1, 0.15) is 5.75 Å². The maximum atomic E-state index is 13.3. The number of hydrogen-bond acceptors (Lipinski definition) is 4. The summed E-state index contributed by atoms with van der Waals surface area (Å²) in [6.45, 7) is 3.31. The Kier molecular flexibility index (Phi) is 7.02. The SMILES string of the molecule is COc1ccccc1-c1c(C)c(C(=O)Nc2ccc(S(C)(=O)=O)cc2)cn1CC[n+]1ccccc1. The molecule has 0 atom stereocenters. The molecule has 0 saturated carbocycles. The molecule has 0 spiro atoms. The second-order valence-corrected chi connectivity index (χ2v) is 10.3. The molecule has 0 aliphatic heterocycles. The van der Waals surface area contributed by atoms with Gasteiger partial charge in [-0.2, -0.15) is 0 Å². The van der Waals surface area contributed by atoms with Crippen molar-refractivity contribution in [2.24, 2.45) is 0 Å². The molecule has 35 heavy (non-hydrogen) atoms. The van der Waals surface area contributed by atoms with Crippen LogP contribution in [0.1, 0.15) is 15.9 Å². The number of benzene rings is 2. The zero-order valence-corrected chi connectivity index (χ0v) is 20.7. The Bertz CT molecular complexity index is 1440. The Morgan fingerprint density at radius 1 is 1.00 bits per heavy atom. The fourth-order valence-electron chi connectivity index (χ4n) is 4.05. The van der Waals surface area contributed by atoms with Crippen molar-refractivity contribution in [3.05, 3.63) is 96.4 Å². The van der Waals surface area contributed by atoms with Crippen LogP contribution in [0.5, 0.6) is 5.75 Å². The molecule has 4 rings (SSSR count). The minimum absolute atomic E-state index is 0.203. The van der Waals surface area contributed by atoms with E-state index in [9.17, 15) is 13.2 Å². The van der Waals surface area contributed by atoms with Crippen molar-refractivity contribution in [1.29, 1.82) is 0 Å². The Balaban J connectivity index is 1.69. The molecule has 0 bridgehead atoms. The lowest BCUT2D eigenvalue weighted by molar-refractivity contribution is -0.698. The summed E-state index contributed by atoms with van der Waals surface area (Å²) in [5.74, 6) is 0.461. The van der Waals surface area contributed by atoms with Crippen LogP contribution < -0.4 is 14.6 Å². The molecule has 180 valence electrons. The summed E-state index contributed by atoms with van der Waals surface area (Å²) in [6, 6.07) is 19.8. The summed E-state index contributed by atoms with van der Waals surface area (Å²) in [4.78, 5) is 13.5. The summed E-state index contributed by atoms with van der Waals surface area (Å²) in [7, 11) is -1.67. The number of carbonyl (C=O) groups excluding carboxylic acids is 1. The van der Waals surface area contributed by atoms with Crippen LogP contribution in [0.3, 0.4) is 0 Å². The van der Waals surface area contributed by atoms with Gasteiger partial charge in [0, 0.05) is 35.8 Å². The monoisotopic (exact) mass is 490 g/mol. The van der Waals surface area contributed by atoms with E-state index in [0.29, 0.717) is 17.8 Å². The van der Waals surface area contributed by atoms with Gasteiger partial charge in [0.15, 0.2) is 28.8 Å². The molecular formula is C27H28N3O4S+. The molecule has 0 unspecified atom stereocenters. The number of ether oxygens (including phenoxy) is 1. The minimum Gasteiger partial charge on any atom is -0.496 e. The highest BCUT2D eigenvalue weighted by Crippen LogP contribution is 2.35. The lowest BCUT2D eigenvalue weighted by Crippen LogP contribution is -2.34. The Labute approximate surface area is 205 Å². The second kappa shape index (κ2) is 10.1. The van der Waals surface area contributed by atoms with Gasteiger partial charge in [0.05, 0.1) is 29.8 Å². The summed E-state index contributed by atoms with van der Waals surface area (Å²) in [5, 5.41) is 2.89. The van der Waals surface area contributed by atoms with Crippen LogP contribution in [0.25, 0.3) is 11.3 Å². The van der Waals surface area contributed by atoms with E-state index < -0.39 is 9.84 Å². The zero-order valence-electron chi connectivity index (χ0n) is 19.9. The topological polar surface area (TPSA) is 81.3 Å². The third kappa shape index (κ3) is 5.44. The number of hydrogen-bond donors (Lipinski definition) is 1. The molecule has 1 N–H and O–H groups in total. The lowest BCUT2D eigenvalue weighted by Gasteiger charge is -2.13. The molecule has 2 aromatic carbocycles. The van der Waals surface area contributed by atoms with Crippen LogP contribution in [0.2, 0.25) is 0 Å². The molecule has 0 fully saturated rings. The number of nitrogens with one attached hydrogen (secondary N) is 1. The highest BCUT2D eigenvalue weighted by atomic mass is 32.2. The molecule has 2 aromatic heterocycles. The fourth-order valence-corrected chi connectivity index (χ4v) is 4.68. The number of aromatic nitrogens is 2. The molecule has 2 heterocycles. The zero-order chi connectivity index (χ0) is 25.0. The van der Waals surface area contributed by atoms with Crippen LogP contribution in [-0.4, -0.2) is 32.3 Å². The van der Waals surface area contributed by atoms with Gasteiger partial charge in [-0.15, -0.1) is 0 Å². The number of pyridine rings is 1. The van der Waals surface area contributed by atoms with Crippen LogP contribution in [-0.2, 0) is 22.9 Å². The molecule has 8 heteroatoms. The molecule has 0 saturated heterocycles. The average molecular weight is 491 g/mol. The van der Waals surface area contributed by atoms with Crippen molar-refractivity contribution in [2.75, 3.05) is 18.7 Å².